The summed E-state index contributed by atoms with van der Waals surface area (Å²) >= 11 is 7.88. The number of thiophene rings is 1. The number of carbonyl (C=O) groups is 1. The van der Waals surface area contributed by atoms with Crippen molar-refractivity contribution >= 4 is 60.8 Å². The molecule has 1 spiro atoms. The summed E-state index contributed by atoms with van der Waals surface area (Å²) in [7, 11) is 1.69. The fraction of sp³-hybridized carbons (Fsp3) is 0.444. The molecular formula is C36H37ClF2N10O3S. The number of carbonyl (C=O) groups excluding carboxylic acids is 1. The van der Waals surface area contributed by atoms with Crippen molar-refractivity contribution in [1.29, 1.82) is 5.26 Å². The Kier molecular flexibility index (Phi) is 9.52. The molecule has 0 saturated carbocycles. The Labute approximate surface area is 312 Å². The number of amides is 1. The number of methoxy groups -OCH3 is 1. The minimum Gasteiger partial charge on any atom is -0.460 e. The number of ether oxygens (including phenoxy) is 2. The lowest BCUT2D eigenvalue weighted by atomic mass is 9.76. The highest BCUT2D eigenvalue weighted by Crippen LogP contribution is 2.47. The van der Waals surface area contributed by atoms with E-state index in [0.29, 0.717) is 44.0 Å². The van der Waals surface area contributed by atoms with Crippen LogP contribution >= 0.6 is 22.9 Å². The molecule has 0 aliphatic carbocycles. The van der Waals surface area contributed by atoms with Crippen LogP contribution < -0.4 is 15.4 Å². The van der Waals surface area contributed by atoms with Crippen LogP contribution in [0.2, 0.25) is 5.02 Å². The Morgan fingerprint density at radius 3 is 2.72 bits per heavy atom. The summed E-state index contributed by atoms with van der Waals surface area (Å²) in [4.78, 5) is 32.7. The van der Waals surface area contributed by atoms with E-state index in [0.717, 1.165) is 63.1 Å². The number of nitriles is 1. The van der Waals surface area contributed by atoms with Crippen LogP contribution in [0.4, 0.5) is 24.4 Å². The molecule has 0 unspecified atom stereocenters. The van der Waals surface area contributed by atoms with Crippen molar-refractivity contribution < 1.29 is 23.0 Å². The topological polar surface area (TPSA) is 152 Å². The number of fused-ring (bicyclic) bond motifs is 2. The molecule has 0 bridgehead atoms. The van der Waals surface area contributed by atoms with Gasteiger partial charge in [0.25, 0.3) is 0 Å². The van der Waals surface area contributed by atoms with E-state index in [9.17, 15) is 14.4 Å². The predicted octanol–water partition coefficient (Wildman–Crippen LogP) is 5.94. The van der Waals surface area contributed by atoms with Crippen LogP contribution in [0.5, 0.6) is 6.01 Å². The van der Waals surface area contributed by atoms with Crippen LogP contribution in [-0.4, -0.2) is 106 Å². The van der Waals surface area contributed by atoms with Gasteiger partial charge in [0.2, 0.25) is 0 Å². The maximum atomic E-state index is 17.2. The molecule has 17 heteroatoms. The van der Waals surface area contributed by atoms with E-state index in [4.69, 9.17) is 31.8 Å². The lowest BCUT2D eigenvalue weighted by Crippen LogP contribution is -2.62. The van der Waals surface area contributed by atoms with E-state index < -0.39 is 11.6 Å². The van der Waals surface area contributed by atoms with Crippen molar-refractivity contribution in [3.63, 3.8) is 0 Å². The number of halogens is 3. The Balaban J connectivity index is 1.20. The molecule has 1 amide bonds. The van der Waals surface area contributed by atoms with Gasteiger partial charge in [-0.05, 0) is 43.4 Å². The molecule has 13 nitrogen and oxygen atoms in total. The van der Waals surface area contributed by atoms with E-state index >= 15 is 4.39 Å². The quantitative estimate of drug-likeness (QED) is 0.210. The van der Waals surface area contributed by atoms with Gasteiger partial charge >= 0.3 is 12.0 Å². The fourth-order valence-corrected chi connectivity index (χ4v) is 9.23. The van der Waals surface area contributed by atoms with Gasteiger partial charge in [-0.3, -0.25) is 0 Å². The van der Waals surface area contributed by atoms with E-state index in [2.05, 4.69) is 30.9 Å². The third-order valence-corrected chi connectivity index (χ3v) is 11.9. The molecule has 276 valence electrons. The summed E-state index contributed by atoms with van der Waals surface area (Å²) in [6.07, 6.45) is 6.72. The van der Waals surface area contributed by atoms with Gasteiger partial charge < -0.3 is 29.9 Å². The molecule has 5 aromatic rings. The number of nitrogens with two attached hydrogens (primary N) is 1. The highest BCUT2D eigenvalue weighted by Gasteiger charge is 2.47. The van der Waals surface area contributed by atoms with E-state index in [-0.39, 0.29) is 65.9 Å². The standard InChI is InChI=1S/C36H37ClF2N10O3S/c1-51-13-12-46-10-6-21(7-11-46)52-34-44-30-23(14-25(37)28(29(30)39)22-4-5-26(38)31-27(22)24(15-40)32(41)53-31)33(45-34)47-9-3-2-8-36(16-47)17-48(18-36)35(50)49-20-42-19-43-49/h4-5,14,19-21H,2-3,6-13,16-18,41H2,1H3. The van der Waals surface area contributed by atoms with Gasteiger partial charge in [-0.2, -0.15) is 25.0 Å². The molecular weight excluding hydrogens is 726 g/mol. The Bertz CT molecular complexity index is 2230. The molecule has 0 atom stereocenters. The van der Waals surface area contributed by atoms with Gasteiger partial charge in [0.15, 0.2) is 5.82 Å². The Hall–Kier alpha value is -4.69. The van der Waals surface area contributed by atoms with Crippen molar-refractivity contribution in [3.05, 3.63) is 53.1 Å². The highest BCUT2D eigenvalue weighted by atomic mass is 35.5. The number of piperidine rings is 1. The molecule has 3 aliphatic rings. The number of rotatable bonds is 7. The first kappa shape index (κ1) is 35.3. The summed E-state index contributed by atoms with van der Waals surface area (Å²) in [6, 6.07) is 6.14. The second-order valence-electron chi connectivity index (χ2n) is 14.0. The number of nitrogens with zero attached hydrogens (tertiary/aromatic N) is 9. The van der Waals surface area contributed by atoms with Gasteiger partial charge in [-0.1, -0.05) is 24.1 Å². The monoisotopic (exact) mass is 762 g/mol. The van der Waals surface area contributed by atoms with Gasteiger partial charge in [-0.15, -0.1) is 11.3 Å². The van der Waals surface area contributed by atoms with Crippen molar-refractivity contribution in [2.24, 2.45) is 5.41 Å². The molecule has 2 N–H and O–H groups in total. The van der Waals surface area contributed by atoms with Crippen molar-refractivity contribution in [2.75, 3.05) is 70.2 Å². The second-order valence-corrected chi connectivity index (χ2v) is 15.5. The first-order valence-corrected chi connectivity index (χ1v) is 18.8. The number of hydrogen-bond acceptors (Lipinski definition) is 12. The maximum Gasteiger partial charge on any atom is 0.346 e. The minimum absolute atomic E-state index is 0.00370. The lowest BCUT2D eigenvalue weighted by molar-refractivity contribution is 0.0315. The molecule has 6 heterocycles. The SMILES string of the molecule is COCCN1CCC(Oc2nc(N3CCCCC4(CN(C(=O)n5cncn5)C4)C3)c3cc(Cl)c(-c4ccc(F)c5sc(N)c(C#N)c45)c(F)c3n2)CC1. The van der Waals surface area contributed by atoms with Gasteiger partial charge in [0.1, 0.15) is 47.0 Å². The van der Waals surface area contributed by atoms with E-state index in [1.807, 2.05) is 0 Å². The summed E-state index contributed by atoms with van der Waals surface area (Å²) in [5.74, 6) is -0.825. The van der Waals surface area contributed by atoms with Crippen LogP contribution in [0.25, 0.3) is 32.1 Å². The number of likely N-dealkylation sites (tertiary alicyclic amines) is 2. The van der Waals surface area contributed by atoms with Crippen LogP contribution in [0.3, 0.4) is 0 Å². The molecule has 3 aromatic heterocycles. The molecule has 2 aromatic carbocycles. The Morgan fingerprint density at radius 1 is 1.17 bits per heavy atom. The van der Waals surface area contributed by atoms with E-state index in [1.54, 1.807) is 18.1 Å². The number of nitrogen functional groups attached to an aromatic ring is 1. The summed E-state index contributed by atoms with van der Waals surface area (Å²) in [6.45, 7) is 5.36. The van der Waals surface area contributed by atoms with Crippen LogP contribution in [0.1, 0.15) is 37.7 Å². The number of anilines is 2. The molecule has 3 aliphatic heterocycles. The van der Waals surface area contributed by atoms with Gasteiger partial charge in [0.05, 0.1) is 21.9 Å². The first-order valence-electron chi connectivity index (χ1n) is 17.6. The second kappa shape index (κ2) is 14.3. The van der Waals surface area contributed by atoms with Crippen LogP contribution in [-0.2, 0) is 4.74 Å². The molecule has 8 rings (SSSR count). The summed E-state index contributed by atoms with van der Waals surface area (Å²) < 4.78 is 45.3. The first-order chi connectivity index (χ1) is 25.7. The van der Waals surface area contributed by atoms with Gasteiger partial charge in [0, 0.05) is 74.7 Å². The summed E-state index contributed by atoms with van der Waals surface area (Å²) in [5, 5.41) is 14.7. The normalized spacial score (nSPS) is 18.0. The summed E-state index contributed by atoms with van der Waals surface area (Å²) in [5.41, 5.74) is 6.17. The molecule has 3 saturated heterocycles. The lowest BCUT2D eigenvalue weighted by Gasteiger charge is -2.51. The smallest absolute Gasteiger partial charge is 0.346 e. The Morgan fingerprint density at radius 2 is 1.98 bits per heavy atom. The zero-order valence-corrected chi connectivity index (χ0v) is 30.6. The molecule has 3 fully saturated rings. The third-order valence-electron chi connectivity index (χ3n) is 10.6. The van der Waals surface area contributed by atoms with Crippen molar-refractivity contribution in [1.82, 2.24) is 34.5 Å². The number of hydrogen-bond donors (Lipinski definition) is 1. The largest absolute Gasteiger partial charge is 0.460 e. The highest BCUT2D eigenvalue weighted by molar-refractivity contribution is 7.23. The predicted molar refractivity (Wildman–Crippen MR) is 197 cm³/mol. The van der Waals surface area contributed by atoms with Crippen molar-refractivity contribution in [2.45, 2.75) is 38.2 Å². The number of aromatic nitrogens is 5. The fourth-order valence-electron chi connectivity index (χ4n) is 7.98. The van der Waals surface area contributed by atoms with E-state index in [1.165, 1.54) is 29.5 Å². The average Bonchev–Trinajstić information content (AvgIpc) is 3.74. The molecule has 0 radical (unpaired) electrons. The average molecular weight is 763 g/mol. The molecule has 53 heavy (non-hydrogen) atoms. The van der Waals surface area contributed by atoms with Gasteiger partial charge in [-0.25, -0.2) is 18.6 Å². The van der Waals surface area contributed by atoms with Crippen molar-refractivity contribution in [3.8, 4) is 23.2 Å². The zero-order valence-electron chi connectivity index (χ0n) is 29.0. The van der Waals surface area contributed by atoms with Crippen LogP contribution in [0, 0.1) is 28.4 Å². The minimum atomic E-state index is -0.741. The number of benzene rings is 2. The maximum absolute atomic E-state index is 17.2. The van der Waals surface area contributed by atoms with Crippen LogP contribution in [0.15, 0.2) is 30.9 Å². The zero-order chi connectivity index (χ0) is 36.9. The third kappa shape index (κ3) is 6.49.